The van der Waals surface area contributed by atoms with E-state index in [4.69, 9.17) is 4.98 Å². The van der Waals surface area contributed by atoms with Gasteiger partial charge in [0.15, 0.2) is 0 Å². The predicted octanol–water partition coefficient (Wildman–Crippen LogP) is 5.65. The molecular weight excluding hydrogens is 488 g/mol. The summed E-state index contributed by atoms with van der Waals surface area (Å²) >= 11 is 3.21. The van der Waals surface area contributed by atoms with E-state index in [9.17, 15) is 9.59 Å². The van der Waals surface area contributed by atoms with Crippen LogP contribution in [0.25, 0.3) is 10.9 Å². The summed E-state index contributed by atoms with van der Waals surface area (Å²) in [5.74, 6) is 0.179. The Kier molecular flexibility index (Phi) is 7.43. The number of carbonyl (C=O) groups excluding carboxylic acids is 2. The number of hydrogen-bond acceptors (Lipinski definition) is 5. The summed E-state index contributed by atoms with van der Waals surface area (Å²) in [4.78, 5) is 36.9. The molecule has 0 radical (unpaired) electrons. The first-order chi connectivity index (χ1) is 17.5. The van der Waals surface area contributed by atoms with E-state index >= 15 is 0 Å². The minimum Gasteiger partial charge on any atom is -0.361 e. The van der Waals surface area contributed by atoms with Gasteiger partial charge in [-0.1, -0.05) is 18.2 Å². The van der Waals surface area contributed by atoms with Crippen molar-refractivity contribution < 1.29 is 9.59 Å². The summed E-state index contributed by atoms with van der Waals surface area (Å²) in [6.45, 7) is 3.86. The third-order valence-corrected chi connectivity index (χ3v) is 8.98. The maximum atomic E-state index is 13.2. The van der Waals surface area contributed by atoms with E-state index in [2.05, 4.69) is 22.4 Å². The average molecular weight is 519 g/mol. The molecule has 2 amide bonds. The van der Waals surface area contributed by atoms with Gasteiger partial charge in [-0.2, -0.15) is 0 Å². The van der Waals surface area contributed by atoms with Crippen LogP contribution in [0.15, 0.2) is 58.9 Å². The van der Waals surface area contributed by atoms with Crippen molar-refractivity contribution in [3.63, 3.8) is 0 Å². The Labute approximate surface area is 219 Å². The van der Waals surface area contributed by atoms with Crippen molar-refractivity contribution >= 4 is 45.8 Å². The molecule has 186 valence electrons. The first-order valence-corrected chi connectivity index (χ1v) is 14.3. The number of fused-ring (bicyclic) bond motifs is 1. The van der Waals surface area contributed by atoms with Gasteiger partial charge in [0, 0.05) is 48.3 Å². The summed E-state index contributed by atoms with van der Waals surface area (Å²) in [6.07, 6.45) is 6.41. The lowest BCUT2D eigenvalue weighted by Crippen LogP contribution is -2.38. The summed E-state index contributed by atoms with van der Waals surface area (Å²) in [5, 5.41) is 4.29. The molecule has 2 N–H and O–H groups in total. The van der Waals surface area contributed by atoms with E-state index in [0.29, 0.717) is 25.2 Å². The smallest absolute Gasteiger partial charge is 0.263 e. The third kappa shape index (κ3) is 5.20. The van der Waals surface area contributed by atoms with E-state index in [1.165, 1.54) is 10.9 Å². The number of hydrogen-bond donors (Lipinski definition) is 2. The molecule has 36 heavy (non-hydrogen) atoms. The lowest BCUT2D eigenvalue weighted by atomic mass is 9.89. The fourth-order valence-electron chi connectivity index (χ4n) is 4.88. The number of nitrogens with one attached hydrogen (secondary N) is 2. The van der Waals surface area contributed by atoms with E-state index in [1.807, 2.05) is 60.7 Å². The van der Waals surface area contributed by atoms with Crippen LogP contribution in [-0.2, 0) is 6.42 Å². The highest BCUT2D eigenvalue weighted by atomic mass is 32.2. The first-order valence-electron chi connectivity index (χ1n) is 12.3. The summed E-state index contributed by atoms with van der Waals surface area (Å²) < 4.78 is 1.15. The lowest BCUT2D eigenvalue weighted by Gasteiger charge is -2.32. The van der Waals surface area contributed by atoms with Gasteiger partial charge in [0.2, 0.25) is 0 Å². The van der Waals surface area contributed by atoms with Crippen LogP contribution in [0.4, 0.5) is 0 Å². The maximum absolute atomic E-state index is 13.2. The van der Waals surface area contributed by atoms with Crippen molar-refractivity contribution in [3.8, 4) is 0 Å². The van der Waals surface area contributed by atoms with Crippen molar-refractivity contribution in [3.05, 3.63) is 82.1 Å². The van der Waals surface area contributed by atoms with Gasteiger partial charge in [0.25, 0.3) is 11.8 Å². The number of likely N-dealkylation sites (tertiary alicyclic amines) is 1. The van der Waals surface area contributed by atoms with Crippen LogP contribution in [0.3, 0.4) is 0 Å². The monoisotopic (exact) mass is 518 g/mol. The molecule has 1 aromatic carbocycles. The Bertz CT molecular complexity index is 1390. The number of thiophene rings is 1. The van der Waals surface area contributed by atoms with Gasteiger partial charge in [-0.05, 0) is 68.3 Å². The summed E-state index contributed by atoms with van der Waals surface area (Å²) in [7, 11) is 0. The van der Waals surface area contributed by atoms with E-state index < -0.39 is 0 Å². The molecule has 6 nitrogen and oxygen atoms in total. The van der Waals surface area contributed by atoms with Crippen LogP contribution in [0.1, 0.15) is 55.7 Å². The molecule has 0 saturated carbocycles. The molecule has 3 aromatic heterocycles. The highest BCUT2D eigenvalue weighted by Gasteiger charge is 2.29. The standard InChI is InChI=1S/C28H30N4O2S2/c1-18-7-8-22(27(33)29-14-11-20-17-30-23-6-4-3-5-21(20)23)26(31-18)19-12-15-32(16-13-19)28(34)24-9-10-25(35-2)36-24/h3-10,17,19,30H,11-16H2,1-2H3,(H,29,33). The number of amides is 2. The van der Waals surface area contributed by atoms with Crippen LogP contribution < -0.4 is 5.32 Å². The Morgan fingerprint density at radius 3 is 2.72 bits per heavy atom. The number of H-pyrrole nitrogens is 1. The number of aryl methyl sites for hydroxylation is 1. The number of piperidine rings is 1. The van der Waals surface area contributed by atoms with Gasteiger partial charge >= 0.3 is 0 Å². The fraction of sp³-hybridized carbons (Fsp3) is 0.321. The molecule has 1 fully saturated rings. The number of carbonyl (C=O) groups is 2. The Morgan fingerprint density at radius 1 is 1.14 bits per heavy atom. The number of aromatic amines is 1. The van der Waals surface area contributed by atoms with Crippen LogP contribution >= 0.6 is 23.1 Å². The van der Waals surface area contributed by atoms with Gasteiger partial charge in [0.1, 0.15) is 0 Å². The van der Waals surface area contributed by atoms with Gasteiger partial charge in [0.05, 0.1) is 20.3 Å². The number of aromatic nitrogens is 2. The molecule has 1 aliphatic heterocycles. The number of thioether (sulfide) groups is 1. The zero-order valence-electron chi connectivity index (χ0n) is 20.5. The molecule has 0 spiro atoms. The number of nitrogens with zero attached hydrogens (tertiary/aromatic N) is 2. The van der Waals surface area contributed by atoms with Crippen LogP contribution in [0.5, 0.6) is 0 Å². The van der Waals surface area contributed by atoms with Crippen molar-refractivity contribution in [2.45, 2.75) is 36.3 Å². The largest absolute Gasteiger partial charge is 0.361 e. The van der Waals surface area contributed by atoms with Crippen molar-refractivity contribution in [1.29, 1.82) is 0 Å². The summed E-state index contributed by atoms with van der Waals surface area (Å²) in [5.41, 5.74) is 4.71. The number of benzene rings is 1. The van der Waals surface area contributed by atoms with Crippen molar-refractivity contribution in [2.24, 2.45) is 0 Å². The topological polar surface area (TPSA) is 78.1 Å². The molecule has 5 rings (SSSR count). The molecule has 0 aliphatic carbocycles. The van der Waals surface area contributed by atoms with Crippen LogP contribution in [-0.4, -0.2) is 52.6 Å². The quantitative estimate of drug-likeness (QED) is 0.310. The zero-order valence-corrected chi connectivity index (χ0v) is 22.2. The van der Waals surface area contributed by atoms with Gasteiger partial charge < -0.3 is 15.2 Å². The molecule has 0 atom stereocenters. The second-order valence-corrected chi connectivity index (χ2v) is 11.3. The van der Waals surface area contributed by atoms with Crippen molar-refractivity contribution in [1.82, 2.24) is 20.2 Å². The maximum Gasteiger partial charge on any atom is 0.263 e. The molecule has 4 heterocycles. The van der Waals surface area contributed by atoms with Gasteiger partial charge in [-0.15, -0.1) is 23.1 Å². The second-order valence-electron chi connectivity index (χ2n) is 9.14. The highest BCUT2D eigenvalue weighted by Crippen LogP contribution is 2.32. The van der Waals surface area contributed by atoms with Gasteiger partial charge in [-0.25, -0.2) is 0 Å². The normalized spacial score (nSPS) is 14.3. The molecular formula is C28H30N4O2S2. The lowest BCUT2D eigenvalue weighted by molar-refractivity contribution is 0.0715. The Balaban J connectivity index is 1.22. The van der Waals surface area contributed by atoms with Crippen LogP contribution in [0.2, 0.25) is 0 Å². The van der Waals surface area contributed by atoms with Crippen LogP contribution in [0, 0.1) is 6.92 Å². The van der Waals surface area contributed by atoms with Gasteiger partial charge in [-0.3, -0.25) is 14.6 Å². The first kappa shape index (κ1) is 24.6. The molecule has 1 aliphatic rings. The Hall–Kier alpha value is -3.10. The van der Waals surface area contributed by atoms with E-state index in [-0.39, 0.29) is 17.7 Å². The zero-order chi connectivity index (χ0) is 25.1. The second kappa shape index (κ2) is 10.9. The highest BCUT2D eigenvalue weighted by molar-refractivity contribution is 8.00. The molecule has 0 unspecified atom stereocenters. The molecule has 4 aromatic rings. The Morgan fingerprint density at radius 2 is 1.94 bits per heavy atom. The molecule has 0 bridgehead atoms. The summed E-state index contributed by atoms with van der Waals surface area (Å²) in [6, 6.07) is 15.9. The average Bonchev–Trinajstić information content (AvgIpc) is 3.56. The van der Waals surface area contributed by atoms with Crippen molar-refractivity contribution in [2.75, 3.05) is 25.9 Å². The number of pyridine rings is 1. The molecule has 1 saturated heterocycles. The van der Waals surface area contributed by atoms with E-state index in [0.717, 1.165) is 45.3 Å². The predicted molar refractivity (Wildman–Crippen MR) is 147 cm³/mol. The van der Waals surface area contributed by atoms with E-state index in [1.54, 1.807) is 23.1 Å². The minimum absolute atomic E-state index is 0.0842. The number of rotatable bonds is 7. The third-order valence-electron chi connectivity index (χ3n) is 6.83. The number of para-hydroxylation sites is 1. The minimum atomic E-state index is -0.0842. The molecule has 8 heteroatoms. The fourth-order valence-corrected chi connectivity index (χ4v) is 6.39. The SMILES string of the molecule is CSc1ccc(C(=O)N2CCC(c3nc(C)ccc3C(=O)NCCc3c[nH]c4ccccc34)CC2)s1.